The Bertz CT molecular complexity index is 454. The summed E-state index contributed by atoms with van der Waals surface area (Å²) in [4.78, 5) is 24.2. The van der Waals surface area contributed by atoms with E-state index in [2.05, 4.69) is 0 Å². The van der Waals surface area contributed by atoms with Crippen molar-refractivity contribution in [1.29, 1.82) is 0 Å². The van der Waals surface area contributed by atoms with Crippen LogP contribution < -0.4 is 11.5 Å². The zero-order valence-corrected chi connectivity index (χ0v) is 16.1. The fourth-order valence-electron chi connectivity index (χ4n) is 3.31. The van der Waals surface area contributed by atoms with E-state index in [1.165, 1.54) is 0 Å². The van der Waals surface area contributed by atoms with Gasteiger partial charge >= 0.3 is 11.9 Å². The quantitative estimate of drug-likeness (QED) is 0.585. The van der Waals surface area contributed by atoms with Crippen LogP contribution in [-0.4, -0.2) is 61.7 Å². The Morgan fingerprint density at radius 3 is 1.50 bits per heavy atom. The first-order chi connectivity index (χ1) is 12.2. The van der Waals surface area contributed by atoms with Gasteiger partial charge in [-0.2, -0.15) is 0 Å². The van der Waals surface area contributed by atoms with Crippen LogP contribution in [0.2, 0.25) is 0 Å². The van der Waals surface area contributed by atoms with Crippen LogP contribution in [0.3, 0.4) is 0 Å². The monoisotopic (exact) mass is 372 g/mol. The first-order valence-electron chi connectivity index (χ1n) is 9.34. The molecular formula is C18H32N2O6. The highest BCUT2D eigenvalue weighted by molar-refractivity contribution is 5.76. The molecule has 0 amide bonds. The first-order valence-corrected chi connectivity index (χ1v) is 9.34. The van der Waals surface area contributed by atoms with Gasteiger partial charge in [-0.3, -0.25) is 9.59 Å². The van der Waals surface area contributed by atoms with Crippen molar-refractivity contribution in [3.8, 4) is 0 Å². The number of hydrogen-bond donors (Lipinski definition) is 2. The highest BCUT2D eigenvalue weighted by Gasteiger charge is 2.51. The van der Waals surface area contributed by atoms with Crippen molar-refractivity contribution in [3.05, 3.63) is 0 Å². The smallest absolute Gasteiger partial charge is 0.323 e. The zero-order valence-electron chi connectivity index (χ0n) is 16.1. The molecule has 0 aromatic carbocycles. The van der Waals surface area contributed by atoms with Crippen LogP contribution in [-0.2, 0) is 28.5 Å². The second-order valence-corrected chi connectivity index (χ2v) is 8.02. The van der Waals surface area contributed by atoms with Gasteiger partial charge in [0.2, 0.25) is 0 Å². The molecule has 150 valence electrons. The SMILES string of the molecule is CC(C)C[C@H](N)C(=O)O[C@@H]1COC2C1OC[C@H]2OC(=O)[C@@H](N)CC(C)C. The minimum Gasteiger partial charge on any atom is -0.456 e. The van der Waals surface area contributed by atoms with Crippen molar-refractivity contribution in [2.24, 2.45) is 23.3 Å². The Morgan fingerprint density at radius 1 is 0.846 bits per heavy atom. The minimum absolute atomic E-state index is 0.196. The Balaban J connectivity index is 1.85. The van der Waals surface area contributed by atoms with Gasteiger partial charge in [0.25, 0.3) is 0 Å². The molecule has 0 radical (unpaired) electrons. The molecule has 2 heterocycles. The number of fused-ring (bicyclic) bond motifs is 1. The summed E-state index contributed by atoms with van der Waals surface area (Å²) in [5, 5.41) is 0. The molecule has 2 fully saturated rings. The lowest BCUT2D eigenvalue weighted by atomic mass is 10.0. The number of carbonyl (C=O) groups is 2. The van der Waals surface area contributed by atoms with E-state index >= 15 is 0 Å². The lowest BCUT2D eigenvalue weighted by molar-refractivity contribution is -0.157. The second kappa shape index (κ2) is 9.12. The van der Waals surface area contributed by atoms with Gasteiger partial charge in [0, 0.05) is 0 Å². The molecule has 0 spiro atoms. The third-order valence-electron chi connectivity index (χ3n) is 4.55. The molecule has 0 saturated carbocycles. The van der Waals surface area contributed by atoms with Crippen molar-refractivity contribution in [2.45, 2.75) is 77.0 Å². The molecule has 0 bridgehead atoms. The number of rotatable bonds is 8. The number of ether oxygens (including phenoxy) is 4. The Kier molecular flexibility index (Phi) is 7.40. The average molecular weight is 372 g/mol. The van der Waals surface area contributed by atoms with Gasteiger partial charge in [0.15, 0.2) is 12.2 Å². The van der Waals surface area contributed by atoms with Gasteiger partial charge in [-0.15, -0.1) is 0 Å². The van der Waals surface area contributed by atoms with Crippen LogP contribution in [0.5, 0.6) is 0 Å². The summed E-state index contributed by atoms with van der Waals surface area (Å²) in [5.41, 5.74) is 11.7. The molecule has 0 aromatic rings. The molecule has 2 rings (SSSR count). The molecule has 4 N–H and O–H groups in total. The molecule has 2 aliphatic rings. The predicted molar refractivity (Wildman–Crippen MR) is 94.1 cm³/mol. The second-order valence-electron chi connectivity index (χ2n) is 8.02. The maximum atomic E-state index is 12.1. The van der Waals surface area contributed by atoms with Crippen molar-refractivity contribution in [2.75, 3.05) is 13.2 Å². The van der Waals surface area contributed by atoms with Gasteiger partial charge in [0.05, 0.1) is 13.2 Å². The molecule has 2 saturated heterocycles. The Labute approximate surface area is 154 Å². The number of carbonyl (C=O) groups excluding carboxylic acids is 2. The molecule has 8 nitrogen and oxygen atoms in total. The first kappa shape index (κ1) is 21.1. The summed E-state index contributed by atoms with van der Waals surface area (Å²) in [5.74, 6) is -0.328. The standard InChI is InChI=1S/C18H32N2O6/c1-9(2)5-11(19)17(21)25-13-7-23-16-14(8-24-15(13)16)26-18(22)12(20)6-10(3)4/h9-16H,5-8,19-20H2,1-4H3/t11-,12-,13+,14+,15?,16?/m0/s1. The van der Waals surface area contributed by atoms with Crippen LogP contribution in [0.15, 0.2) is 0 Å². The molecule has 0 aliphatic carbocycles. The maximum absolute atomic E-state index is 12.1. The van der Waals surface area contributed by atoms with E-state index in [0.717, 1.165) is 0 Å². The Hall–Kier alpha value is -1.22. The molecule has 2 aliphatic heterocycles. The van der Waals surface area contributed by atoms with Gasteiger partial charge < -0.3 is 30.4 Å². The van der Waals surface area contributed by atoms with E-state index in [0.29, 0.717) is 24.7 Å². The highest BCUT2D eigenvalue weighted by Crippen LogP contribution is 2.31. The van der Waals surface area contributed by atoms with E-state index in [4.69, 9.17) is 30.4 Å². The lowest BCUT2D eigenvalue weighted by Gasteiger charge is -2.20. The molecular weight excluding hydrogens is 340 g/mol. The number of hydrogen-bond acceptors (Lipinski definition) is 8. The zero-order chi connectivity index (χ0) is 19.4. The van der Waals surface area contributed by atoms with Crippen LogP contribution in [0.1, 0.15) is 40.5 Å². The fraction of sp³-hybridized carbons (Fsp3) is 0.889. The molecule has 8 heteroatoms. The third kappa shape index (κ3) is 5.39. The van der Waals surface area contributed by atoms with E-state index in [1.54, 1.807) is 0 Å². The van der Waals surface area contributed by atoms with E-state index in [9.17, 15) is 9.59 Å². The van der Waals surface area contributed by atoms with Crippen LogP contribution >= 0.6 is 0 Å². The van der Waals surface area contributed by atoms with Crippen LogP contribution in [0, 0.1) is 11.8 Å². The van der Waals surface area contributed by atoms with E-state index in [-0.39, 0.29) is 13.2 Å². The lowest BCUT2D eigenvalue weighted by Crippen LogP contribution is -2.42. The Morgan fingerprint density at radius 2 is 1.19 bits per heavy atom. The number of esters is 2. The molecule has 26 heavy (non-hydrogen) atoms. The summed E-state index contributed by atoms with van der Waals surface area (Å²) in [6.45, 7) is 8.36. The maximum Gasteiger partial charge on any atom is 0.323 e. The van der Waals surface area contributed by atoms with E-state index < -0.39 is 48.4 Å². The average Bonchev–Trinajstić information content (AvgIpc) is 3.09. The minimum atomic E-state index is -0.668. The van der Waals surface area contributed by atoms with Gasteiger partial charge in [-0.1, -0.05) is 27.7 Å². The summed E-state index contributed by atoms with van der Waals surface area (Å²) in [6, 6.07) is -1.34. The van der Waals surface area contributed by atoms with Crippen molar-refractivity contribution in [1.82, 2.24) is 0 Å². The topological polar surface area (TPSA) is 123 Å². The summed E-state index contributed by atoms with van der Waals surface area (Å²) in [7, 11) is 0. The summed E-state index contributed by atoms with van der Waals surface area (Å²) >= 11 is 0. The molecule has 6 atom stereocenters. The van der Waals surface area contributed by atoms with Crippen molar-refractivity contribution in [3.63, 3.8) is 0 Å². The van der Waals surface area contributed by atoms with Crippen molar-refractivity contribution >= 4 is 11.9 Å². The molecule has 2 unspecified atom stereocenters. The van der Waals surface area contributed by atoms with Crippen LogP contribution in [0.25, 0.3) is 0 Å². The van der Waals surface area contributed by atoms with Crippen LogP contribution in [0.4, 0.5) is 0 Å². The van der Waals surface area contributed by atoms with Gasteiger partial charge in [-0.25, -0.2) is 0 Å². The van der Waals surface area contributed by atoms with E-state index in [1.807, 2.05) is 27.7 Å². The summed E-state index contributed by atoms with van der Waals surface area (Å²) < 4.78 is 22.3. The highest BCUT2D eigenvalue weighted by atomic mass is 16.7. The predicted octanol–water partition coefficient (Wildman–Crippen LogP) is 0.354. The number of nitrogens with two attached hydrogens (primary N) is 2. The third-order valence-corrected chi connectivity index (χ3v) is 4.55. The normalized spacial score (nSPS) is 30.3. The summed E-state index contributed by atoms with van der Waals surface area (Å²) in [6.07, 6.45) is -0.892. The largest absolute Gasteiger partial charge is 0.456 e. The fourth-order valence-corrected chi connectivity index (χ4v) is 3.31. The van der Waals surface area contributed by atoms with Gasteiger partial charge in [0.1, 0.15) is 24.3 Å². The molecule has 0 aromatic heterocycles. The van der Waals surface area contributed by atoms with Crippen molar-refractivity contribution < 1.29 is 28.5 Å². The van der Waals surface area contributed by atoms with Gasteiger partial charge in [-0.05, 0) is 24.7 Å².